The third-order valence-corrected chi connectivity index (χ3v) is 4.66. The van der Waals surface area contributed by atoms with Gasteiger partial charge in [-0.25, -0.2) is 0 Å². The summed E-state index contributed by atoms with van der Waals surface area (Å²) in [6, 6.07) is 6.12. The van der Waals surface area contributed by atoms with Crippen LogP contribution in [0.1, 0.15) is 44.6 Å². The Balaban J connectivity index is 1.41. The van der Waals surface area contributed by atoms with Crippen molar-refractivity contribution in [1.82, 2.24) is 5.32 Å². The Hall–Kier alpha value is -1.22. The lowest BCUT2D eigenvalue weighted by Crippen LogP contribution is -2.20. The van der Waals surface area contributed by atoms with Gasteiger partial charge in [0.2, 0.25) is 6.79 Å². The quantitative estimate of drug-likeness (QED) is 0.831. The fourth-order valence-electron chi connectivity index (χ4n) is 3.28. The number of nitrogens with one attached hydrogen (secondary N) is 1. The zero-order chi connectivity index (χ0) is 13.8. The van der Waals surface area contributed by atoms with Crippen LogP contribution in [-0.4, -0.2) is 13.3 Å². The van der Waals surface area contributed by atoms with E-state index in [9.17, 15) is 0 Å². The first-order valence-electron chi connectivity index (χ1n) is 7.91. The predicted octanol–water partition coefficient (Wildman–Crippen LogP) is 3.72. The van der Waals surface area contributed by atoms with Crippen molar-refractivity contribution in [2.75, 3.05) is 13.3 Å². The highest BCUT2D eigenvalue weighted by Crippen LogP contribution is 2.35. The van der Waals surface area contributed by atoms with Crippen molar-refractivity contribution < 1.29 is 9.47 Å². The fourth-order valence-corrected chi connectivity index (χ4v) is 3.28. The SMILES string of the molecule is CC1CCC(CCNCc2cccc3c2OCO3)CC1. The number of rotatable bonds is 5. The molecule has 0 atom stereocenters. The van der Waals surface area contributed by atoms with E-state index < -0.39 is 0 Å². The normalized spacial score (nSPS) is 24.9. The highest BCUT2D eigenvalue weighted by Gasteiger charge is 2.18. The first-order chi connectivity index (χ1) is 9.83. The molecule has 3 heteroatoms. The maximum Gasteiger partial charge on any atom is 0.231 e. The fraction of sp³-hybridized carbons (Fsp3) is 0.647. The van der Waals surface area contributed by atoms with Gasteiger partial charge in [0.05, 0.1) is 0 Å². The maximum atomic E-state index is 5.53. The average molecular weight is 275 g/mol. The van der Waals surface area contributed by atoms with Gasteiger partial charge in [0, 0.05) is 12.1 Å². The second-order valence-corrected chi connectivity index (χ2v) is 6.24. The molecule has 0 radical (unpaired) electrons. The molecule has 2 aliphatic rings. The lowest BCUT2D eigenvalue weighted by atomic mass is 9.81. The lowest BCUT2D eigenvalue weighted by molar-refractivity contribution is 0.173. The van der Waals surface area contributed by atoms with Crippen molar-refractivity contribution in [2.24, 2.45) is 11.8 Å². The van der Waals surface area contributed by atoms with Crippen LogP contribution in [0.2, 0.25) is 0 Å². The van der Waals surface area contributed by atoms with Crippen LogP contribution in [0.15, 0.2) is 18.2 Å². The number of hydrogen-bond acceptors (Lipinski definition) is 3. The van der Waals surface area contributed by atoms with Gasteiger partial charge in [-0.1, -0.05) is 44.7 Å². The molecule has 0 unspecified atom stereocenters. The molecule has 0 aromatic heterocycles. The van der Waals surface area contributed by atoms with Gasteiger partial charge in [0.25, 0.3) is 0 Å². The second kappa shape index (κ2) is 6.49. The van der Waals surface area contributed by atoms with Gasteiger partial charge in [-0.05, 0) is 30.9 Å². The third kappa shape index (κ3) is 3.26. The molecular formula is C17H25NO2. The van der Waals surface area contributed by atoms with Crippen molar-refractivity contribution in [3.8, 4) is 11.5 Å². The van der Waals surface area contributed by atoms with E-state index in [2.05, 4.69) is 18.3 Å². The number of hydrogen-bond donors (Lipinski definition) is 1. The van der Waals surface area contributed by atoms with Gasteiger partial charge < -0.3 is 14.8 Å². The van der Waals surface area contributed by atoms with Crippen LogP contribution in [-0.2, 0) is 6.54 Å². The Morgan fingerprint density at radius 3 is 2.85 bits per heavy atom. The number of benzene rings is 1. The first-order valence-corrected chi connectivity index (χ1v) is 7.91. The summed E-state index contributed by atoms with van der Waals surface area (Å²) < 4.78 is 10.9. The van der Waals surface area contributed by atoms with Gasteiger partial charge in [-0.3, -0.25) is 0 Å². The molecular weight excluding hydrogens is 250 g/mol. The molecule has 1 aliphatic heterocycles. The molecule has 1 N–H and O–H groups in total. The summed E-state index contributed by atoms with van der Waals surface area (Å²) in [4.78, 5) is 0. The predicted molar refractivity (Wildman–Crippen MR) is 80.0 cm³/mol. The second-order valence-electron chi connectivity index (χ2n) is 6.24. The Kier molecular flexibility index (Phi) is 4.46. The molecule has 3 rings (SSSR count). The molecule has 0 spiro atoms. The first kappa shape index (κ1) is 13.7. The van der Waals surface area contributed by atoms with Gasteiger partial charge in [-0.15, -0.1) is 0 Å². The minimum atomic E-state index is 0.354. The van der Waals surface area contributed by atoms with Gasteiger partial charge >= 0.3 is 0 Å². The van der Waals surface area contributed by atoms with Gasteiger partial charge in [0.15, 0.2) is 11.5 Å². The molecule has 1 saturated carbocycles. The summed E-state index contributed by atoms with van der Waals surface area (Å²) in [7, 11) is 0. The molecule has 1 aromatic carbocycles. The molecule has 1 fully saturated rings. The van der Waals surface area contributed by atoms with Crippen LogP contribution < -0.4 is 14.8 Å². The minimum Gasteiger partial charge on any atom is -0.454 e. The minimum absolute atomic E-state index is 0.354. The van der Waals surface area contributed by atoms with Crippen molar-refractivity contribution in [1.29, 1.82) is 0 Å². The van der Waals surface area contributed by atoms with E-state index in [1.54, 1.807) is 0 Å². The van der Waals surface area contributed by atoms with Crippen molar-refractivity contribution in [2.45, 2.75) is 45.6 Å². The average Bonchev–Trinajstić information content (AvgIpc) is 2.94. The van der Waals surface area contributed by atoms with Gasteiger partial charge in [0.1, 0.15) is 0 Å². The topological polar surface area (TPSA) is 30.5 Å². The molecule has 0 saturated heterocycles. The highest BCUT2D eigenvalue weighted by atomic mass is 16.7. The van der Waals surface area contributed by atoms with Crippen LogP contribution in [0.4, 0.5) is 0 Å². The summed E-state index contributed by atoms with van der Waals surface area (Å²) in [6.45, 7) is 4.71. The van der Waals surface area contributed by atoms with Crippen LogP contribution in [0.3, 0.4) is 0 Å². The third-order valence-electron chi connectivity index (χ3n) is 4.66. The van der Waals surface area contributed by atoms with E-state index in [1.807, 2.05) is 12.1 Å². The Morgan fingerprint density at radius 1 is 1.15 bits per heavy atom. The smallest absolute Gasteiger partial charge is 0.231 e. The summed E-state index contributed by atoms with van der Waals surface area (Å²) in [6.07, 6.45) is 6.98. The van der Waals surface area contributed by atoms with Crippen LogP contribution in [0, 0.1) is 11.8 Å². The van der Waals surface area contributed by atoms with E-state index in [0.29, 0.717) is 6.79 Å². The summed E-state index contributed by atoms with van der Waals surface area (Å²) in [5.74, 6) is 3.68. The number of para-hydroxylation sites is 1. The molecule has 1 aromatic rings. The van der Waals surface area contributed by atoms with Crippen molar-refractivity contribution in [3.63, 3.8) is 0 Å². The van der Waals surface area contributed by atoms with E-state index in [4.69, 9.17) is 9.47 Å². The van der Waals surface area contributed by atoms with Gasteiger partial charge in [-0.2, -0.15) is 0 Å². The van der Waals surface area contributed by atoms with Crippen molar-refractivity contribution in [3.05, 3.63) is 23.8 Å². The number of ether oxygens (including phenoxy) is 2. The largest absolute Gasteiger partial charge is 0.454 e. The maximum absolute atomic E-state index is 5.53. The standard InChI is InChI=1S/C17H25NO2/c1-13-5-7-14(8-6-13)9-10-18-11-15-3-2-4-16-17(15)20-12-19-16/h2-4,13-14,18H,5-12H2,1H3. The van der Waals surface area contributed by atoms with Crippen LogP contribution in [0.5, 0.6) is 11.5 Å². The molecule has 110 valence electrons. The highest BCUT2D eigenvalue weighted by molar-refractivity contribution is 5.48. The molecule has 1 aliphatic carbocycles. The summed E-state index contributed by atoms with van der Waals surface area (Å²) >= 11 is 0. The lowest BCUT2D eigenvalue weighted by Gasteiger charge is -2.26. The summed E-state index contributed by atoms with van der Waals surface area (Å²) in [5, 5.41) is 3.55. The molecule has 0 bridgehead atoms. The van der Waals surface area contributed by atoms with E-state index in [0.717, 1.165) is 36.4 Å². The summed E-state index contributed by atoms with van der Waals surface area (Å²) in [5.41, 5.74) is 1.21. The monoisotopic (exact) mass is 275 g/mol. The van der Waals surface area contributed by atoms with E-state index in [1.165, 1.54) is 37.7 Å². The Bertz CT molecular complexity index is 439. The zero-order valence-electron chi connectivity index (χ0n) is 12.4. The molecule has 3 nitrogen and oxygen atoms in total. The Labute approximate surface area is 121 Å². The number of fused-ring (bicyclic) bond motifs is 1. The molecule has 20 heavy (non-hydrogen) atoms. The van der Waals surface area contributed by atoms with E-state index >= 15 is 0 Å². The Morgan fingerprint density at radius 2 is 2.00 bits per heavy atom. The van der Waals surface area contributed by atoms with Crippen molar-refractivity contribution >= 4 is 0 Å². The zero-order valence-corrected chi connectivity index (χ0v) is 12.4. The molecule has 1 heterocycles. The molecule has 0 amide bonds. The van der Waals surface area contributed by atoms with Crippen LogP contribution >= 0.6 is 0 Å². The van der Waals surface area contributed by atoms with Crippen LogP contribution in [0.25, 0.3) is 0 Å². The van der Waals surface area contributed by atoms with E-state index in [-0.39, 0.29) is 0 Å².